The molecule has 0 saturated carbocycles. The van der Waals surface area contributed by atoms with E-state index in [0.29, 0.717) is 0 Å². The highest BCUT2D eigenvalue weighted by molar-refractivity contribution is 5.67. The molecule has 0 bridgehead atoms. The van der Waals surface area contributed by atoms with Crippen molar-refractivity contribution in [1.82, 2.24) is 4.90 Å². The molecule has 0 spiro atoms. The Morgan fingerprint density at radius 1 is 1.50 bits per heavy atom. The Morgan fingerprint density at radius 3 is 2.50 bits per heavy atom. The lowest BCUT2D eigenvalue weighted by Crippen LogP contribution is -2.36. The highest BCUT2D eigenvalue weighted by Crippen LogP contribution is 2.15. The maximum atomic E-state index is 11.0. The Morgan fingerprint density at radius 2 is 2.08 bits per heavy atom. The fourth-order valence-corrected chi connectivity index (χ4v) is 1.39. The van der Waals surface area contributed by atoms with Gasteiger partial charge in [0.2, 0.25) is 0 Å². The van der Waals surface area contributed by atoms with E-state index in [1.807, 2.05) is 6.92 Å². The number of hydrogen-bond donors (Lipinski definition) is 0. The van der Waals surface area contributed by atoms with Crippen molar-refractivity contribution < 1.29 is 9.53 Å². The van der Waals surface area contributed by atoms with Gasteiger partial charge in [0, 0.05) is 13.1 Å². The Bertz CT molecular complexity index is 189. The number of nitrogens with zero attached hydrogens (tertiary/aromatic N) is 1. The van der Waals surface area contributed by atoms with Crippen molar-refractivity contribution in [2.45, 2.75) is 19.8 Å². The highest BCUT2D eigenvalue weighted by atomic mass is 16.5. The number of piperidine rings is 1. The number of rotatable bonds is 0. The molecule has 0 aromatic carbocycles. The van der Waals surface area contributed by atoms with Crippen molar-refractivity contribution in [3.05, 3.63) is 11.6 Å². The monoisotopic (exact) mass is 169 g/mol. The maximum Gasteiger partial charge on any atom is 0.409 e. The average Bonchev–Trinajstić information content (AvgIpc) is 2.17. The third-order valence-corrected chi connectivity index (χ3v) is 2.25. The van der Waals surface area contributed by atoms with Gasteiger partial charge in [-0.15, -0.1) is 0 Å². The van der Waals surface area contributed by atoms with E-state index in [9.17, 15) is 4.79 Å². The van der Waals surface area contributed by atoms with E-state index in [2.05, 4.69) is 10.8 Å². The highest BCUT2D eigenvalue weighted by Gasteiger charge is 2.18. The van der Waals surface area contributed by atoms with Gasteiger partial charge in [0.1, 0.15) is 0 Å². The zero-order valence-corrected chi connectivity index (χ0v) is 7.67. The van der Waals surface area contributed by atoms with E-state index < -0.39 is 0 Å². The minimum atomic E-state index is -0.204. The number of methoxy groups -OCH3 is 1. The third-order valence-electron chi connectivity index (χ3n) is 2.25. The van der Waals surface area contributed by atoms with E-state index in [1.54, 1.807) is 4.90 Å². The third kappa shape index (κ3) is 2.00. The first-order chi connectivity index (χ1) is 5.77. The lowest BCUT2D eigenvalue weighted by molar-refractivity contribution is 0.120. The predicted molar refractivity (Wildman–Crippen MR) is 47.0 cm³/mol. The fraction of sp³-hybridized carbons (Fsp3) is 0.667. The standard InChI is InChI=1S/C9H15NO2/c1-3-8-4-6-10(7-5-8)9(11)12-2/h3H,4-7H2,1-2H3. The number of ether oxygens (including phenoxy) is 1. The molecule has 1 saturated heterocycles. The maximum absolute atomic E-state index is 11.0. The van der Waals surface area contributed by atoms with Crippen LogP contribution in [0.5, 0.6) is 0 Å². The van der Waals surface area contributed by atoms with Crippen LogP contribution in [-0.4, -0.2) is 31.2 Å². The second-order valence-electron chi connectivity index (χ2n) is 2.90. The van der Waals surface area contributed by atoms with Gasteiger partial charge in [-0.3, -0.25) is 0 Å². The lowest BCUT2D eigenvalue weighted by Gasteiger charge is -2.26. The van der Waals surface area contributed by atoms with E-state index in [-0.39, 0.29) is 6.09 Å². The second-order valence-corrected chi connectivity index (χ2v) is 2.90. The molecule has 1 aliphatic heterocycles. The number of allylic oxidation sites excluding steroid dienone is 1. The van der Waals surface area contributed by atoms with Crippen LogP contribution in [0.25, 0.3) is 0 Å². The number of amides is 1. The Kier molecular flexibility index (Phi) is 3.14. The summed E-state index contributed by atoms with van der Waals surface area (Å²) in [6.07, 6.45) is 3.91. The summed E-state index contributed by atoms with van der Waals surface area (Å²) in [5.41, 5.74) is 1.44. The Balaban J connectivity index is 2.41. The number of hydrogen-bond acceptors (Lipinski definition) is 2. The van der Waals surface area contributed by atoms with Crippen molar-refractivity contribution in [2.75, 3.05) is 20.2 Å². The largest absolute Gasteiger partial charge is 0.453 e. The molecule has 3 nitrogen and oxygen atoms in total. The smallest absolute Gasteiger partial charge is 0.409 e. The van der Waals surface area contributed by atoms with Gasteiger partial charge in [-0.05, 0) is 19.8 Å². The Hall–Kier alpha value is -0.990. The fourth-order valence-electron chi connectivity index (χ4n) is 1.39. The van der Waals surface area contributed by atoms with Crippen LogP contribution in [0.1, 0.15) is 19.8 Å². The van der Waals surface area contributed by atoms with Gasteiger partial charge in [-0.25, -0.2) is 4.79 Å². The molecular weight excluding hydrogens is 154 g/mol. The molecule has 0 unspecified atom stereocenters. The summed E-state index contributed by atoms with van der Waals surface area (Å²) >= 11 is 0. The van der Waals surface area contributed by atoms with E-state index in [1.165, 1.54) is 12.7 Å². The molecule has 1 fully saturated rings. The van der Waals surface area contributed by atoms with Gasteiger partial charge in [0.25, 0.3) is 0 Å². The van der Waals surface area contributed by atoms with Crippen LogP contribution in [0, 0.1) is 0 Å². The van der Waals surface area contributed by atoms with Crippen LogP contribution in [0.15, 0.2) is 11.6 Å². The van der Waals surface area contributed by atoms with Crippen LogP contribution in [0.2, 0.25) is 0 Å². The zero-order valence-electron chi connectivity index (χ0n) is 7.67. The molecule has 0 N–H and O–H groups in total. The average molecular weight is 169 g/mol. The molecule has 12 heavy (non-hydrogen) atoms. The summed E-state index contributed by atoms with van der Waals surface area (Å²) in [4.78, 5) is 12.8. The molecule has 0 radical (unpaired) electrons. The molecule has 1 aliphatic rings. The van der Waals surface area contributed by atoms with Crippen LogP contribution >= 0.6 is 0 Å². The number of carbonyl (C=O) groups is 1. The predicted octanol–water partition coefficient (Wildman–Crippen LogP) is 1.79. The lowest BCUT2D eigenvalue weighted by atomic mass is 10.0. The van der Waals surface area contributed by atoms with Gasteiger partial charge in [-0.1, -0.05) is 11.6 Å². The molecule has 0 aliphatic carbocycles. The summed E-state index contributed by atoms with van der Waals surface area (Å²) in [5.74, 6) is 0. The van der Waals surface area contributed by atoms with E-state index >= 15 is 0 Å². The van der Waals surface area contributed by atoms with Gasteiger partial charge < -0.3 is 9.64 Å². The van der Waals surface area contributed by atoms with Crippen molar-refractivity contribution in [1.29, 1.82) is 0 Å². The summed E-state index contributed by atoms with van der Waals surface area (Å²) in [5, 5.41) is 0. The number of likely N-dealkylation sites (tertiary alicyclic amines) is 1. The van der Waals surface area contributed by atoms with E-state index in [0.717, 1.165) is 25.9 Å². The van der Waals surface area contributed by atoms with Crippen LogP contribution in [0.3, 0.4) is 0 Å². The topological polar surface area (TPSA) is 29.5 Å². The van der Waals surface area contributed by atoms with Gasteiger partial charge in [0.05, 0.1) is 7.11 Å². The minimum absolute atomic E-state index is 0.204. The van der Waals surface area contributed by atoms with Crippen LogP contribution in [-0.2, 0) is 4.74 Å². The van der Waals surface area contributed by atoms with Gasteiger partial charge in [0.15, 0.2) is 0 Å². The molecule has 0 atom stereocenters. The van der Waals surface area contributed by atoms with Crippen LogP contribution in [0.4, 0.5) is 4.79 Å². The van der Waals surface area contributed by atoms with Gasteiger partial charge >= 0.3 is 6.09 Å². The molecular formula is C9H15NO2. The van der Waals surface area contributed by atoms with Gasteiger partial charge in [-0.2, -0.15) is 0 Å². The zero-order chi connectivity index (χ0) is 8.97. The molecule has 3 heteroatoms. The first kappa shape index (κ1) is 9.10. The molecule has 0 aromatic rings. The second kappa shape index (κ2) is 4.14. The van der Waals surface area contributed by atoms with Crippen molar-refractivity contribution in [3.63, 3.8) is 0 Å². The minimum Gasteiger partial charge on any atom is -0.453 e. The first-order valence-electron chi connectivity index (χ1n) is 4.25. The van der Waals surface area contributed by atoms with Crippen LogP contribution < -0.4 is 0 Å². The normalized spacial score (nSPS) is 17.5. The molecule has 1 rings (SSSR count). The van der Waals surface area contributed by atoms with Crippen molar-refractivity contribution in [2.24, 2.45) is 0 Å². The van der Waals surface area contributed by atoms with Crippen molar-refractivity contribution >= 4 is 6.09 Å². The summed E-state index contributed by atoms with van der Waals surface area (Å²) in [6, 6.07) is 0. The number of carbonyl (C=O) groups excluding carboxylic acids is 1. The summed E-state index contributed by atoms with van der Waals surface area (Å²) < 4.78 is 4.63. The molecule has 1 amide bonds. The molecule has 1 heterocycles. The Labute approximate surface area is 73.0 Å². The SMILES string of the molecule is CC=C1CCN(C(=O)OC)CC1. The van der Waals surface area contributed by atoms with Crippen molar-refractivity contribution in [3.8, 4) is 0 Å². The van der Waals surface area contributed by atoms with E-state index in [4.69, 9.17) is 0 Å². The summed E-state index contributed by atoms with van der Waals surface area (Å²) in [7, 11) is 1.42. The first-order valence-corrected chi connectivity index (χ1v) is 4.25. The molecule has 0 aromatic heterocycles. The molecule has 68 valence electrons. The quantitative estimate of drug-likeness (QED) is 0.517. The summed E-state index contributed by atoms with van der Waals surface area (Å²) in [6.45, 7) is 3.64.